The summed E-state index contributed by atoms with van der Waals surface area (Å²) in [6, 6.07) is 5.08. The zero-order valence-electron chi connectivity index (χ0n) is 8.96. The van der Waals surface area contributed by atoms with Gasteiger partial charge in [0.25, 0.3) is 0 Å². The number of anilines is 1. The molecule has 0 aliphatic heterocycles. The molecule has 0 radical (unpaired) electrons. The number of nitrogens with two attached hydrogens (primary N) is 1. The molecule has 90 valence electrons. The van der Waals surface area contributed by atoms with E-state index in [-0.39, 0.29) is 4.90 Å². The minimum Gasteiger partial charge on any atom is -0.396 e. The largest absolute Gasteiger partial charge is 0.396 e. The van der Waals surface area contributed by atoms with Crippen LogP contribution >= 0.6 is 11.6 Å². The molecule has 0 aliphatic carbocycles. The summed E-state index contributed by atoms with van der Waals surface area (Å²) in [6.45, 7) is 0. The average molecular weight is 272 g/mol. The number of benzene rings is 1. The number of aromatic nitrogens is 2. The highest BCUT2D eigenvalue weighted by Gasteiger charge is 2.12. The van der Waals surface area contributed by atoms with Crippen LogP contribution in [0.25, 0.3) is 5.69 Å². The third kappa shape index (κ3) is 2.27. The standard InChI is InChI=1S/C10H10ClN3O2S/c1-17(15,16)7-5-13-14(6-7)9-4-2-3-8(11)10(9)12/h2-6H,12H2,1H3. The molecule has 0 unspecified atom stereocenters. The Morgan fingerprint density at radius 1 is 1.41 bits per heavy atom. The first-order valence-electron chi connectivity index (χ1n) is 4.68. The van der Waals surface area contributed by atoms with Crippen molar-refractivity contribution in [2.24, 2.45) is 0 Å². The predicted molar refractivity (Wildman–Crippen MR) is 66.1 cm³/mol. The Morgan fingerprint density at radius 3 is 2.71 bits per heavy atom. The molecule has 17 heavy (non-hydrogen) atoms. The third-order valence-corrected chi connectivity index (χ3v) is 3.66. The van der Waals surface area contributed by atoms with Gasteiger partial charge in [0.05, 0.1) is 22.6 Å². The molecule has 1 heterocycles. The Bertz CT molecular complexity index is 664. The molecule has 0 spiro atoms. The van der Waals surface area contributed by atoms with E-state index in [1.165, 1.54) is 17.1 Å². The van der Waals surface area contributed by atoms with Crippen LogP contribution in [-0.4, -0.2) is 24.5 Å². The number of nitrogens with zero attached hydrogens (tertiary/aromatic N) is 2. The molecule has 7 heteroatoms. The highest BCUT2D eigenvalue weighted by atomic mass is 35.5. The van der Waals surface area contributed by atoms with Crippen LogP contribution < -0.4 is 5.73 Å². The highest BCUT2D eigenvalue weighted by molar-refractivity contribution is 7.90. The Balaban J connectivity index is 2.55. The quantitative estimate of drug-likeness (QED) is 0.840. The van der Waals surface area contributed by atoms with Crippen LogP contribution in [0.15, 0.2) is 35.5 Å². The number of nitrogen functional groups attached to an aromatic ring is 1. The molecular weight excluding hydrogens is 262 g/mol. The molecule has 2 aromatic rings. The minimum absolute atomic E-state index is 0.136. The van der Waals surface area contributed by atoms with Gasteiger partial charge in [-0.1, -0.05) is 17.7 Å². The summed E-state index contributed by atoms with van der Waals surface area (Å²) in [4.78, 5) is 0.136. The Labute approximate surface area is 104 Å². The molecule has 0 aliphatic rings. The second-order valence-corrected chi connectivity index (χ2v) is 5.99. The molecule has 0 amide bonds. The van der Waals surface area contributed by atoms with E-state index >= 15 is 0 Å². The zero-order valence-corrected chi connectivity index (χ0v) is 10.5. The smallest absolute Gasteiger partial charge is 0.178 e. The first-order valence-corrected chi connectivity index (χ1v) is 6.95. The van der Waals surface area contributed by atoms with Crippen molar-refractivity contribution >= 4 is 27.1 Å². The van der Waals surface area contributed by atoms with Crippen molar-refractivity contribution in [3.05, 3.63) is 35.6 Å². The maximum absolute atomic E-state index is 11.3. The van der Waals surface area contributed by atoms with Crippen LogP contribution in [0.5, 0.6) is 0 Å². The SMILES string of the molecule is CS(=O)(=O)c1cnn(-c2cccc(Cl)c2N)c1. The lowest BCUT2D eigenvalue weighted by atomic mass is 10.3. The van der Waals surface area contributed by atoms with Crippen LogP contribution in [0.4, 0.5) is 5.69 Å². The molecule has 2 rings (SSSR count). The number of para-hydroxylation sites is 1. The van der Waals surface area contributed by atoms with Crippen molar-refractivity contribution < 1.29 is 8.42 Å². The van der Waals surface area contributed by atoms with E-state index in [4.69, 9.17) is 17.3 Å². The topological polar surface area (TPSA) is 78.0 Å². The third-order valence-electron chi connectivity index (χ3n) is 2.26. The fourth-order valence-electron chi connectivity index (χ4n) is 1.35. The van der Waals surface area contributed by atoms with Gasteiger partial charge < -0.3 is 5.73 Å². The molecule has 0 atom stereocenters. The Morgan fingerprint density at radius 2 is 2.12 bits per heavy atom. The summed E-state index contributed by atoms with van der Waals surface area (Å²) in [5, 5.41) is 4.36. The summed E-state index contributed by atoms with van der Waals surface area (Å²) in [5.41, 5.74) is 6.70. The van der Waals surface area contributed by atoms with E-state index in [9.17, 15) is 8.42 Å². The van der Waals surface area contributed by atoms with Crippen LogP contribution in [0.1, 0.15) is 0 Å². The molecule has 0 bridgehead atoms. The van der Waals surface area contributed by atoms with Crippen molar-refractivity contribution in [1.82, 2.24) is 9.78 Å². The Kier molecular flexibility index (Phi) is 2.84. The molecule has 1 aromatic carbocycles. The van der Waals surface area contributed by atoms with Gasteiger partial charge >= 0.3 is 0 Å². The lowest BCUT2D eigenvalue weighted by molar-refractivity contribution is 0.602. The molecule has 2 N–H and O–H groups in total. The van der Waals surface area contributed by atoms with Crippen LogP contribution in [0.2, 0.25) is 5.02 Å². The zero-order chi connectivity index (χ0) is 12.6. The van der Waals surface area contributed by atoms with Crippen molar-refractivity contribution in [2.45, 2.75) is 4.90 Å². The summed E-state index contributed by atoms with van der Waals surface area (Å²) in [5.74, 6) is 0. The fourth-order valence-corrected chi connectivity index (χ4v) is 2.05. The van der Waals surface area contributed by atoms with Crippen molar-refractivity contribution in [3.63, 3.8) is 0 Å². The van der Waals surface area contributed by atoms with Crippen molar-refractivity contribution in [1.29, 1.82) is 0 Å². The molecule has 0 saturated carbocycles. The normalized spacial score (nSPS) is 11.6. The summed E-state index contributed by atoms with van der Waals surface area (Å²) < 4.78 is 24.0. The van der Waals surface area contributed by atoms with Gasteiger partial charge in [0.1, 0.15) is 4.90 Å². The molecule has 5 nitrogen and oxygen atoms in total. The van der Waals surface area contributed by atoms with E-state index in [0.29, 0.717) is 16.4 Å². The Hall–Kier alpha value is -1.53. The lowest BCUT2D eigenvalue weighted by Gasteiger charge is -2.06. The summed E-state index contributed by atoms with van der Waals surface area (Å²) in [6.07, 6.45) is 3.79. The van der Waals surface area contributed by atoms with Gasteiger partial charge in [-0.25, -0.2) is 13.1 Å². The maximum atomic E-state index is 11.3. The number of hydrogen-bond acceptors (Lipinski definition) is 4. The maximum Gasteiger partial charge on any atom is 0.178 e. The first-order chi connectivity index (χ1) is 7.89. The van der Waals surface area contributed by atoms with E-state index in [1.807, 2.05) is 0 Å². The van der Waals surface area contributed by atoms with E-state index in [0.717, 1.165) is 6.26 Å². The number of rotatable bonds is 2. The van der Waals surface area contributed by atoms with Gasteiger partial charge in [0, 0.05) is 12.5 Å². The summed E-state index contributed by atoms with van der Waals surface area (Å²) >= 11 is 5.88. The average Bonchev–Trinajstić information content (AvgIpc) is 2.70. The van der Waals surface area contributed by atoms with E-state index in [2.05, 4.69) is 5.10 Å². The van der Waals surface area contributed by atoms with Gasteiger partial charge in [-0.3, -0.25) is 0 Å². The first kappa shape index (κ1) is 11.9. The number of halogens is 1. The summed E-state index contributed by atoms with van der Waals surface area (Å²) in [7, 11) is -3.27. The monoisotopic (exact) mass is 271 g/mol. The lowest BCUT2D eigenvalue weighted by Crippen LogP contribution is -2.00. The molecular formula is C10H10ClN3O2S. The highest BCUT2D eigenvalue weighted by Crippen LogP contribution is 2.25. The van der Waals surface area contributed by atoms with Crippen molar-refractivity contribution in [3.8, 4) is 5.69 Å². The predicted octanol–water partition coefficient (Wildman–Crippen LogP) is 1.51. The van der Waals surface area contributed by atoms with Crippen LogP contribution in [0.3, 0.4) is 0 Å². The number of hydrogen-bond donors (Lipinski definition) is 1. The second-order valence-electron chi connectivity index (χ2n) is 3.57. The van der Waals surface area contributed by atoms with Crippen molar-refractivity contribution in [2.75, 3.05) is 12.0 Å². The van der Waals surface area contributed by atoms with E-state index in [1.54, 1.807) is 18.2 Å². The van der Waals surface area contributed by atoms with Crippen LogP contribution in [0, 0.1) is 0 Å². The van der Waals surface area contributed by atoms with E-state index < -0.39 is 9.84 Å². The number of sulfone groups is 1. The second kappa shape index (κ2) is 4.05. The van der Waals surface area contributed by atoms with Gasteiger partial charge in [-0.15, -0.1) is 0 Å². The minimum atomic E-state index is -3.27. The fraction of sp³-hybridized carbons (Fsp3) is 0.100. The van der Waals surface area contributed by atoms with Crippen LogP contribution in [-0.2, 0) is 9.84 Å². The van der Waals surface area contributed by atoms with Gasteiger partial charge in [0.2, 0.25) is 0 Å². The molecule has 0 saturated heterocycles. The van der Waals surface area contributed by atoms with Gasteiger partial charge in [-0.2, -0.15) is 5.10 Å². The van der Waals surface area contributed by atoms with Gasteiger partial charge in [-0.05, 0) is 12.1 Å². The molecule has 0 fully saturated rings. The molecule has 1 aromatic heterocycles. The van der Waals surface area contributed by atoms with Gasteiger partial charge in [0.15, 0.2) is 9.84 Å².